The molecular formula is C12H11BrN2OS. The van der Waals surface area contributed by atoms with E-state index in [1.165, 1.54) is 11.3 Å². The molecule has 3 nitrogen and oxygen atoms in total. The molecule has 0 aliphatic heterocycles. The summed E-state index contributed by atoms with van der Waals surface area (Å²) in [6.45, 7) is 1.92. The van der Waals surface area contributed by atoms with Gasteiger partial charge in [-0.3, -0.25) is 9.48 Å². The van der Waals surface area contributed by atoms with E-state index in [2.05, 4.69) is 21.0 Å². The third-order valence-corrected chi connectivity index (χ3v) is 3.92. The van der Waals surface area contributed by atoms with Gasteiger partial charge in [0.2, 0.25) is 0 Å². The number of carbonyl (C=O) groups is 1. The number of carbonyl (C=O) groups excluding carboxylic acids is 1. The van der Waals surface area contributed by atoms with E-state index >= 15 is 0 Å². The Hall–Kier alpha value is -1.20. The summed E-state index contributed by atoms with van der Waals surface area (Å²) >= 11 is 4.78. The fourth-order valence-corrected chi connectivity index (χ4v) is 2.78. The second-order valence-electron chi connectivity index (χ2n) is 3.64. The van der Waals surface area contributed by atoms with Crippen LogP contribution in [0, 0.1) is 6.92 Å². The lowest BCUT2D eigenvalue weighted by molar-refractivity contribution is 0.105. The normalized spacial score (nSPS) is 11.2. The molecule has 0 N–H and O–H groups in total. The van der Waals surface area contributed by atoms with Gasteiger partial charge in [0.25, 0.3) is 0 Å². The minimum Gasteiger partial charge on any atom is -0.288 e. The number of aryl methyl sites for hydroxylation is 2. The molecule has 0 radical (unpaired) electrons. The second-order valence-corrected chi connectivity index (χ2v) is 6.11. The number of rotatable bonds is 3. The first kappa shape index (κ1) is 12.3. The van der Waals surface area contributed by atoms with E-state index in [0.29, 0.717) is 0 Å². The molecule has 0 unspecified atom stereocenters. The zero-order chi connectivity index (χ0) is 12.4. The number of allylic oxidation sites excluding steroid dienone is 1. The van der Waals surface area contributed by atoms with Crippen molar-refractivity contribution in [2.45, 2.75) is 6.92 Å². The maximum atomic E-state index is 11.8. The molecule has 2 aromatic rings. The molecule has 0 bridgehead atoms. The number of hydrogen-bond acceptors (Lipinski definition) is 3. The second kappa shape index (κ2) is 4.98. The Morgan fingerprint density at radius 3 is 2.82 bits per heavy atom. The van der Waals surface area contributed by atoms with Gasteiger partial charge in [-0.25, -0.2) is 0 Å². The van der Waals surface area contributed by atoms with Crippen molar-refractivity contribution in [3.05, 3.63) is 44.3 Å². The first-order chi connectivity index (χ1) is 8.06. The molecule has 5 heteroatoms. The molecule has 17 heavy (non-hydrogen) atoms. The highest BCUT2D eigenvalue weighted by Gasteiger charge is 2.05. The van der Waals surface area contributed by atoms with Gasteiger partial charge in [-0.2, -0.15) is 5.10 Å². The van der Waals surface area contributed by atoms with Crippen molar-refractivity contribution in [1.29, 1.82) is 0 Å². The largest absolute Gasteiger partial charge is 0.288 e. The predicted molar refractivity (Wildman–Crippen MR) is 73.3 cm³/mol. The minimum absolute atomic E-state index is 0.0175. The fourth-order valence-electron chi connectivity index (χ4n) is 1.48. The van der Waals surface area contributed by atoms with Crippen molar-refractivity contribution in [3.8, 4) is 0 Å². The van der Waals surface area contributed by atoms with Gasteiger partial charge in [0.1, 0.15) is 0 Å². The molecule has 0 amide bonds. The van der Waals surface area contributed by atoms with Crippen molar-refractivity contribution in [1.82, 2.24) is 9.78 Å². The van der Waals surface area contributed by atoms with Crippen LogP contribution in [0.3, 0.4) is 0 Å². The van der Waals surface area contributed by atoms with Crippen LogP contribution < -0.4 is 0 Å². The van der Waals surface area contributed by atoms with Crippen LogP contribution in [0.2, 0.25) is 0 Å². The molecule has 2 aromatic heterocycles. The third kappa shape index (κ3) is 2.92. The molecule has 2 rings (SSSR count). The number of aromatic nitrogens is 2. The smallest absolute Gasteiger partial charge is 0.195 e. The lowest BCUT2D eigenvalue weighted by Crippen LogP contribution is -1.88. The summed E-state index contributed by atoms with van der Waals surface area (Å²) in [5.41, 5.74) is 1.89. The minimum atomic E-state index is 0.0175. The Morgan fingerprint density at radius 1 is 1.53 bits per heavy atom. The Labute approximate surface area is 112 Å². The number of hydrogen-bond donors (Lipinski definition) is 0. The van der Waals surface area contributed by atoms with Crippen molar-refractivity contribution >= 4 is 39.1 Å². The molecular weight excluding hydrogens is 300 g/mol. The van der Waals surface area contributed by atoms with Crippen LogP contribution >= 0.6 is 27.3 Å². The predicted octanol–water partition coefficient (Wildman–Crippen LogP) is 3.45. The summed E-state index contributed by atoms with van der Waals surface area (Å²) in [6, 6.07) is 3.69. The van der Waals surface area contributed by atoms with E-state index in [1.54, 1.807) is 16.8 Å². The summed E-state index contributed by atoms with van der Waals surface area (Å²) in [6.07, 6.45) is 5.28. The highest BCUT2D eigenvalue weighted by atomic mass is 79.9. The molecule has 0 aliphatic carbocycles. The van der Waals surface area contributed by atoms with Crippen LogP contribution in [-0.2, 0) is 7.05 Å². The summed E-state index contributed by atoms with van der Waals surface area (Å²) in [5.74, 6) is 0.0175. The van der Waals surface area contributed by atoms with Crippen LogP contribution in [0.5, 0.6) is 0 Å². The van der Waals surface area contributed by atoms with Gasteiger partial charge in [0, 0.05) is 18.8 Å². The summed E-state index contributed by atoms with van der Waals surface area (Å²) < 4.78 is 2.70. The van der Waals surface area contributed by atoms with E-state index in [9.17, 15) is 4.79 Å². The lowest BCUT2D eigenvalue weighted by Gasteiger charge is -1.89. The highest BCUT2D eigenvalue weighted by molar-refractivity contribution is 9.11. The SMILES string of the molecule is Cc1nn(C)cc1/C=C/C(=O)c1ccc(Br)s1. The molecule has 0 aromatic carbocycles. The number of ketones is 1. The van der Waals surface area contributed by atoms with E-state index in [1.807, 2.05) is 32.3 Å². The van der Waals surface area contributed by atoms with Gasteiger partial charge in [-0.05, 0) is 47.1 Å². The zero-order valence-corrected chi connectivity index (χ0v) is 11.9. The molecule has 0 aliphatic rings. The molecule has 0 fully saturated rings. The van der Waals surface area contributed by atoms with Crippen molar-refractivity contribution in [3.63, 3.8) is 0 Å². The summed E-state index contributed by atoms with van der Waals surface area (Å²) in [7, 11) is 1.86. The maximum Gasteiger partial charge on any atom is 0.195 e. The molecule has 0 saturated carbocycles. The summed E-state index contributed by atoms with van der Waals surface area (Å²) in [5, 5.41) is 4.22. The summed E-state index contributed by atoms with van der Waals surface area (Å²) in [4.78, 5) is 12.6. The van der Waals surface area contributed by atoms with Crippen molar-refractivity contribution in [2.24, 2.45) is 7.05 Å². The monoisotopic (exact) mass is 310 g/mol. The first-order valence-electron chi connectivity index (χ1n) is 5.04. The van der Waals surface area contributed by atoms with Crippen molar-refractivity contribution in [2.75, 3.05) is 0 Å². The Kier molecular flexibility index (Phi) is 3.59. The van der Waals surface area contributed by atoms with E-state index in [-0.39, 0.29) is 5.78 Å². The van der Waals surface area contributed by atoms with Gasteiger partial charge < -0.3 is 0 Å². The van der Waals surface area contributed by atoms with E-state index in [0.717, 1.165) is 19.9 Å². The van der Waals surface area contributed by atoms with Gasteiger partial charge in [0.05, 0.1) is 14.4 Å². The standard InChI is InChI=1S/C12H11BrN2OS/c1-8-9(7-15(2)14-8)3-4-10(16)11-5-6-12(13)17-11/h3-7H,1-2H3/b4-3+. The maximum absolute atomic E-state index is 11.8. The van der Waals surface area contributed by atoms with Crippen LogP contribution in [0.1, 0.15) is 20.9 Å². The Balaban J connectivity index is 2.16. The van der Waals surface area contributed by atoms with Crippen LogP contribution in [0.25, 0.3) is 6.08 Å². The molecule has 0 spiro atoms. The molecule has 2 heterocycles. The quantitative estimate of drug-likeness (QED) is 0.643. The highest BCUT2D eigenvalue weighted by Crippen LogP contribution is 2.22. The zero-order valence-electron chi connectivity index (χ0n) is 9.48. The van der Waals surface area contributed by atoms with Crippen molar-refractivity contribution < 1.29 is 4.79 Å². The van der Waals surface area contributed by atoms with E-state index in [4.69, 9.17) is 0 Å². The average Bonchev–Trinajstić information content (AvgIpc) is 2.82. The van der Waals surface area contributed by atoms with Gasteiger partial charge >= 0.3 is 0 Å². The van der Waals surface area contributed by atoms with E-state index < -0.39 is 0 Å². The third-order valence-electron chi connectivity index (χ3n) is 2.28. The first-order valence-corrected chi connectivity index (χ1v) is 6.65. The number of thiophene rings is 1. The molecule has 0 saturated heterocycles. The average molecular weight is 311 g/mol. The van der Waals surface area contributed by atoms with Crippen LogP contribution in [0.4, 0.5) is 0 Å². The van der Waals surface area contributed by atoms with Crippen LogP contribution in [0.15, 0.2) is 28.2 Å². The Morgan fingerprint density at radius 2 is 2.29 bits per heavy atom. The number of halogens is 1. The molecule has 0 atom stereocenters. The van der Waals surface area contributed by atoms with Crippen LogP contribution in [-0.4, -0.2) is 15.6 Å². The molecule has 88 valence electrons. The topological polar surface area (TPSA) is 34.9 Å². The van der Waals surface area contributed by atoms with Gasteiger partial charge in [-0.1, -0.05) is 0 Å². The lowest BCUT2D eigenvalue weighted by atomic mass is 10.2. The Bertz CT molecular complexity index is 583. The fraction of sp³-hybridized carbons (Fsp3) is 0.167. The van der Waals surface area contributed by atoms with Gasteiger partial charge in [0.15, 0.2) is 5.78 Å². The number of nitrogens with zero attached hydrogens (tertiary/aromatic N) is 2. The van der Waals surface area contributed by atoms with Gasteiger partial charge in [-0.15, -0.1) is 11.3 Å².